The highest BCUT2D eigenvalue weighted by Crippen LogP contribution is 2.31. The summed E-state index contributed by atoms with van der Waals surface area (Å²) in [5, 5.41) is 2.99. The molecule has 0 saturated carbocycles. The number of carbonyl (C=O) groups excluding carboxylic acids is 1. The van der Waals surface area contributed by atoms with Crippen LogP contribution in [0.1, 0.15) is 11.5 Å². The molecule has 0 spiro atoms. The van der Waals surface area contributed by atoms with Gasteiger partial charge in [-0.05, 0) is 23.8 Å². The molecule has 92 valence electrons. The van der Waals surface area contributed by atoms with Gasteiger partial charge in [0.05, 0.1) is 13.0 Å². The van der Waals surface area contributed by atoms with Crippen LogP contribution in [0.2, 0.25) is 0 Å². The molecule has 2 rings (SSSR count). The third kappa shape index (κ3) is 2.29. The number of esters is 1. The van der Waals surface area contributed by atoms with Gasteiger partial charge >= 0.3 is 5.97 Å². The number of ether oxygens (including phenoxy) is 1. The molecule has 1 aliphatic heterocycles. The normalized spacial score (nSPS) is 23.7. The summed E-state index contributed by atoms with van der Waals surface area (Å²) < 4.78 is 31.4. The van der Waals surface area contributed by atoms with E-state index in [1.165, 1.54) is 7.11 Å². The van der Waals surface area contributed by atoms with Gasteiger partial charge in [0.25, 0.3) is 0 Å². The van der Waals surface area contributed by atoms with Crippen LogP contribution in [0.25, 0.3) is 0 Å². The zero-order chi connectivity index (χ0) is 12.4. The van der Waals surface area contributed by atoms with E-state index < -0.39 is 23.5 Å². The Morgan fingerprint density at radius 3 is 2.88 bits per heavy atom. The largest absolute Gasteiger partial charge is 0.469 e. The molecule has 1 saturated heterocycles. The summed E-state index contributed by atoms with van der Waals surface area (Å²) in [6.07, 6.45) is 0. The molecule has 0 amide bonds. The Bertz CT molecular complexity index is 437. The molecule has 0 bridgehead atoms. The van der Waals surface area contributed by atoms with Crippen molar-refractivity contribution in [1.29, 1.82) is 0 Å². The van der Waals surface area contributed by atoms with Gasteiger partial charge in [0.1, 0.15) is 11.6 Å². The minimum absolute atomic E-state index is 0.227. The number of hydrogen-bond acceptors (Lipinski definition) is 3. The van der Waals surface area contributed by atoms with Crippen molar-refractivity contribution in [2.24, 2.45) is 5.92 Å². The molecule has 0 unspecified atom stereocenters. The molecular weight excluding hydrogens is 228 g/mol. The fourth-order valence-electron chi connectivity index (χ4n) is 2.20. The fourth-order valence-corrected chi connectivity index (χ4v) is 2.20. The third-order valence-corrected chi connectivity index (χ3v) is 3.08. The average molecular weight is 241 g/mol. The Labute approximate surface area is 97.8 Å². The lowest BCUT2D eigenvalue weighted by Gasteiger charge is -2.17. The molecule has 0 radical (unpaired) electrons. The summed E-state index contributed by atoms with van der Waals surface area (Å²) >= 11 is 0. The molecule has 1 N–H and O–H groups in total. The lowest BCUT2D eigenvalue weighted by Crippen LogP contribution is -2.23. The first-order valence-corrected chi connectivity index (χ1v) is 5.37. The van der Waals surface area contributed by atoms with Crippen LogP contribution in [0.4, 0.5) is 8.78 Å². The van der Waals surface area contributed by atoms with Gasteiger partial charge in [-0.2, -0.15) is 0 Å². The zero-order valence-electron chi connectivity index (χ0n) is 9.37. The second kappa shape index (κ2) is 4.79. The van der Waals surface area contributed by atoms with Crippen LogP contribution in [-0.2, 0) is 9.53 Å². The van der Waals surface area contributed by atoms with Gasteiger partial charge in [0, 0.05) is 19.0 Å². The number of halogens is 2. The second-order valence-corrected chi connectivity index (χ2v) is 4.06. The van der Waals surface area contributed by atoms with E-state index in [0.29, 0.717) is 13.1 Å². The average Bonchev–Trinajstić information content (AvgIpc) is 2.80. The van der Waals surface area contributed by atoms with Crippen molar-refractivity contribution >= 4 is 5.97 Å². The van der Waals surface area contributed by atoms with Crippen LogP contribution < -0.4 is 5.32 Å². The van der Waals surface area contributed by atoms with Crippen LogP contribution in [0.3, 0.4) is 0 Å². The SMILES string of the molecule is COC(=O)[C@@H]1CNC[C@H]1c1cc(F)ccc1F. The van der Waals surface area contributed by atoms with Gasteiger partial charge in [-0.15, -0.1) is 0 Å². The highest BCUT2D eigenvalue weighted by Gasteiger charge is 2.36. The third-order valence-electron chi connectivity index (χ3n) is 3.08. The lowest BCUT2D eigenvalue weighted by atomic mass is 9.88. The molecule has 1 aliphatic rings. The molecular formula is C12H13F2NO2. The highest BCUT2D eigenvalue weighted by atomic mass is 19.1. The maximum atomic E-state index is 13.6. The maximum Gasteiger partial charge on any atom is 0.310 e. The van der Waals surface area contributed by atoms with E-state index in [9.17, 15) is 13.6 Å². The Morgan fingerprint density at radius 1 is 1.41 bits per heavy atom. The van der Waals surface area contributed by atoms with Crippen LogP contribution in [0, 0.1) is 17.6 Å². The Morgan fingerprint density at radius 2 is 2.18 bits per heavy atom. The van der Waals surface area contributed by atoms with E-state index in [1.54, 1.807) is 0 Å². The zero-order valence-corrected chi connectivity index (χ0v) is 9.37. The summed E-state index contributed by atoms with van der Waals surface area (Å²) in [4.78, 5) is 11.5. The van der Waals surface area contributed by atoms with Crippen molar-refractivity contribution in [2.45, 2.75) is 5.92 Å². The molecule has 0 aliphatic carbocycles. The lowest BCUT2D eigenvalue weighted by molar-refractivity contribution is -0.145. The molecule has 1 heterocycles. The van der Waals surface area contributed by atoms with Crippen molar-refractivity contribution in [1.82, 2.24) is 5.32 Å². The van der Waals surface area contributed by atoms with Gasteiger partial charge < -0.3 is 10.1 Å². The number of methoxy groups -OCH3 is 1. The molecule has 1 aromatic rings. The summed E-state index contributed by atoms with van der Waals surface area (Å²) in [6.45, 7) is 0.868. The summed E-state index contributed by atoms with van der Waals surface area (Å²) in [5.74, 6) is -2.23. The first kappa shape index (κ1) is 12.0. The standard InChI is InChI=1S/C12H13F2NO2/c1-17-12(16)10-6-15-5-9(10)8-4-7(13)2-3-11(8)14/h2-4,9-10,15H,5-6H2,1H3/t9-,10+/m0/s1. The number of nitrogens with one attached hydrogen (secondary N) is 1. The summed E-state index contributed by atoms with van der Waals surface area (Å²) in [6, 6.07) is 3.29. The van der Waals surface area contributed by atoms with E-state index in [2.05, 4.69) is 10.1 Å². The Hall–Kier alpha value is -1.49. The van der Waals surface area contributed by atoms with Crippen LogP contribution >= 0.6 is 0 Å². The predicted molar refractivity (Wildman–Crippen MR) is 57.5 cm³/mol. The summed E-state index contributed by atoms with van der Waals surface area (Å²) in [5.41, 5.74) is 0.227. The van der Waals surface area contributed by atoms with Crippen molar-refractivity contribution in [3.8, 4) is 0 Å². The molecule has 1 aromatic carbocycles. The molecule has 2 atom stereocenters. The highest BCUT2D eigenvalue weighted by molar-refractivity contribution is 5.74. The van der Waals surface area contributed by atoms with Crippen LogP contribution in [0.15, 0.2) is 18.2 Å². The molecule has 3 nitrogen and oxygen atoms in total. The number of rotatable bonds is 2. The van der Waals surface area contributed by atoms with E-state index in [-0.39, 0.29) is 11.5 Å². The van der Waals surface area contributed by atoms with Gasteiger partial charge in [0.15, 0.2) is 0 Å². The molecule has 5 heteroatoms. The van der Waals surface area contributed by atoms with E-state index in [0.717, 1.165) is 18.2 Å². The topological polar surface area (TPSA) is 38.3 Å². The minimum Gasteiger partial charge on any atom is -0.469 e. The monoisotopic (exact) mass is 241 g/mol. The second-order valence-electron chi connectivity index (χ2n) is 4.06. The number of carbonyl (C=O) groups is 1. The van der Waals surface area contributed by atoms with Gasteiger partial charge in [-0.1, -0.05) is 0 Å². The van der Waals surface area contributed by atoms with E-state index in [1.807, 2.05) is 0 Å². The summed E-state index contributed by atoms with van der Waals surface area (Å²) in [7, 11) is 1.29. The number of benzene rings is 1. The van der Waals surface area contributed by atoms with Gasteiger partial charge in [-0.25, -0.2) is 8.78 Å². The first-order chi connectivity index (χ1) is 8.13. The van der Waals surface area contributed by atoms with E-state index in [4.69, 9.17) is 0 Å². The quantitative estimate of drug-likeness (QED) is 0.796. The first-order valence-electron chi connectivity index (χ1n) is 5.37. The van der Waals surface area contributed by atoms with Crippen molar-refractivity contribution in [2.75, 3.05) is 20.2 Å². The predicted octanol–water partition coefficient (Wildman–Crippen LogP) is 1.44. The van der Waals surface area contributed by atoms with E-state index >= 15 is 0 Å². The number of hydrogen-bond donors (Lipinski definition) is 1. The molecule has 0 aromatic heterocycles. The fraction of sp³-hybridized carbons (Fsp3) is 0.417. The smallest absolute Gasteiger partial charge is 0.310 e. The minimum atomic E-state index is -0.503. The molecule has 1 fully saturated rings. The Balaban J connectivity index is 2.32. The molecule has 17 heavy (non-hydrogen) atoms. The van der Waals surface area contributed by atoms with Crippen molar-refractivity contribution in [3.63, 3.8) is 0 Å². The van der Waals surface area contributed by atoms with Crippen LogP contribution in [0.5, 0.6) is 0 Å². The Kier molecular flexibility index (Phi) is 3.38. The van der Waals surface area contributed by atoms with Gasteiger partial charge in [0.2, 0.25) is 0 Å². The van der Waals surface area contributed by atoms with Crippen molar-refractivity contribution < 1.29 is 18.3 Å². The van der Waals surface area contributed by atoms with Gasteiger partial charge in [-0.3, -0.25) is 4.79 Å². The van der Waals surface area contributed by atoms with Crippen LogP contribution in [-0.4, -0.2) is 26.2 Å². The maximum absolute atomic E-state index is 13.6. The van der Waals surface area contributed by atoms with Crippen molar-refractivity contribution in [3.05, 3.63) is 35.4 Å².